The number of carbonyl (C=O) groups is 2. The quantitative estimate of drug-likeness (QED) is 0.660. The summed E-state index contributed by atoms with van der Waals surface area (Å²) in [6.45, 7) is 5.98. The molecule has 2 aromatic rings. The molecule has 0 atom stereocenters. The molecule has 0 fully saturated rings. The number of ether oxygens (including phenoxy) is 1. The summed E-state index contributed by atoms with van der Waals surface area (Å²) in [7, 11) is -4.41. The van der Waals surface area contributed by atoms with Gasteiger partial charge in [-0.25, -0.2) is 13.2 Å². The summed E-state index contributed by atoms with van der Waals surface area (Å²) < 4.78 is 35.2. The smallest absolute Gasteiger partial charge is 0.344 e. The van der Waals surface area contributed by atoms with Crippen LogP contribution in [-0.4, -0.2) is 26.0 Å². The van der Waals surface area contributed by atoms with Crippen molar-refractivity contribution in [2.75, 3.05) is 0 Å². The number of furan rings is 1. The molecule has 0 radical (unpaired) electrons. The second-order valence-electron chi connectivity index (χ2n) is 5.94. The van der Waals surface area contributed by atoms with E-state index in [1.54, 1.807) is 37.8 Å². The average Bonchev–Trinajstić information content (AvgIpc) is 2.84. The van der Waals surface area contributed by atoms with Crippen LogP contribution in [0.5, 0.6) is 0 Å². The zero-order chi connectivity index (χ0) is 18.1. The zero-order valence-electron chi connectivity index (χ0n) is 13.6. The van der Waals surface area contributed by atoms with Gasteiger partial charge in [0.2, 0.25) is 0 Å². The van der Waals surface area contributed by atoms with E-state index in [0.717, 1.165) is 6.92 Å². The molecular formula is C15H17NO7S. The van der Waals surface area contributed by atoms with E-state index in [2.05, 4.69) is 4.84 Å². The van der Waals surface area contributed by atoms with Gasteiger partial charge in [-0.15, -0.1) is 0 Å². The molecule has 130 valence electrons. The topological polar surface area (TPSA) is 112 Å². The molecule has 9 heteroatoms. The van der Waals surface area contributed by atoms with Gasteiger partial charge in [0.15, 0.2) is 0 Å². The van der Waals surface area contributed by atoms with Crippen LogP contribution in [0.25, 0.3) is 11.0 Å². The summed E-state index contributed by atoms with van der Waals surface area (Å²) >= 11 is 0. The molecule has 0 aliphatic heterocycles. The number of sulfonamides is 1. The van der Waals surface area contributed by atoms with Crippen molar-refractivity contribution in [3.05, 3.63) is 29.8 Å². The van der Waals surface area contributed by atoms with Crippen molar-refractivity contribution < 1.29 is 32.0 Å². The monoisotopic (exact) mass is 355 g/mol. The lowest BCUT2D eigenvalue weighted by atomic mass is 10.1. The fourth-order valence-corrected chi connectivity index (χ4v) is 2.85. The SMILES string of the molecule is CC(=O)ONS(=O)(=O)c1oc2ccccc2c1C(=O)OC(C)(C)C. The molecule has 0 saturated heterocycles. The molecular weight excluding hydrogens is 338 g/mol. The molecule has 0 spiro atoms. The lowest BCUT2D eigenvalue weighted by molar-refractivity contribution is -0.144. The molecule has 2 rings (SSSR count). The van der Waals surface area contributed by atoms with E-state index < -0.39 is 32.7 Å². The Morgan fingerprint density at radius 3 is 2.38 bits per heavy atom. The van der Waals surface area contributed by atoms with E-state index in [1.165, 1.54) is 12.1 Å². The summed E-state index contributed by atoms with van der Waals surface area (Å²) in [6, 6.07) is 6.29. The van der Waals surface area contributed by atoms with E-state index >= 15 is 0 Å². The first-order chi connectivity index (χ1) is 11.0. The van der Waals surface area contributed by atoms with Gasteiger partial charge < -0.3 is 14.0 Å². The molecule has 0 aliphatic carbocycles. The molecule has 0 bridgehead atoms. The van der Waals surface area contributed by atoms with Crippen LogP contribution in [0.4, 0.5) is 0 Å². The minimum Gasteiger partial charge on any atom is -0.456 e. The highest BCUT2D eigenvalue weighted by Crippen LogP contribution is 2.30. The Bertz CT molecular complexity index is 890. The number of esters is 1. The van der Waals surface area contributed by atoms with Crippen LogP contribution in [0.1, 0.15) is 38.1 Å². The Labute approximate surface area is 138 Å². The van der Waals surface area contributed by atoms with E-state index in [4.69, 9.17) is 9.15 Å². The van der Waals surface area contributed by atoms with Crippen molar-refractivity contribution in [2.24, 2.45) is 0 Å². The normalized spacial score (nSPS) is 12.2. The first-order valence-corrected chi connectivity index (χ1v) is 8.44. The summed E-state index contributed by atoms with van der Waals surface area (Å²) in [4.78, 5) is 29.2. The number of hydrogen-bond donors (Lipinski definition) is 1. The largest absolute Gasteiger partial charge is 0.456 e. The second kappa shape index (κ2) is 6.25. The van der Waals surface area contributed by atoms with Gasteiger partial charge in [0, 0.05) is 12.3 Å². The molecule has 0 saturated carbocycles. The van der Waals surface area contributed by atoms with Crippen molar-refractivity contribution >= 4 is 32.9 Å². The Balaban J connectivity index is 2.59. The van der Waals surface area contributed by atoms with Gasteiger partial charge in [-0.2, -0.15) is 0 Å². The first kappa shape index (κ1) is 18.0. The van der Waals surface area contributed by atoms with Gasteiger partial charge in [0.05, 0.1) is 0 Å². The van der Waals surface area contributed by atoms with E-state index in [0.29, 0.717) is 0 Å². The number of nitrogens with one attached hydrogen (secondary N) is 1. The predicted octanol–water partition coefficient (Wildman–Crippen LogP) is 2.14. The fourth-order valence-electron chi connectivity index (χ4n) is 1.89. The highest BCUT2D eigenvalue weighted by molar-refractivity contribution is 7.89. The van der Waals surface area contributed by atoms with E-state index in [1.807, 2.05) is 0 Å². The lowest BCUT2D eigenvalue weighted by Crippen LogP contribution is -2.29. The van der Waals surface area contributed by atoms with Crippen molar-refractivity contribution in [1.82, 2.24) is 4.89 Å². The van der Waals surface area contributed by atoms with Crippen molar-refractivity contribution in [3.63, 3.8) is 0 Å². The standard InChI is InChI=1S/C15H17NO7S/c1-9(17)23-16-24(19,20)14-12(13(18)22-15(2,3)4)10-7-5-6-8-11(10)21-14/h5-8,16H,1-4H3. The Morgan fingerprint density at radius 1 is 1.17 bits per heavy atom. The number of fused-ring (bicyclic) bond motifs is 1. The highest BCUT2D eigenvalue weighted by atomic mass is 32.2. The molecule has 0 aliphatic rings. The summed E-state index contributed by atoms with van der Waals surface area (Å²) in [5, 5.41) is -0.408. The second-order valence-corrected chi connectivity index (χ2v) is 7.49. The molecule has 1 aromatic carbocycles. The average molecular weight is 355 g/mol. The minimum absolute atomic E-state index is 0.182. The van der Waals surface area contributed by atoms with Crippen LogP contribution in [0.2, 0.25) is 0 Å². The predicted molar refractivity (Wildman–Crippen MR) is 83.5 cm³/mol. The van der Waals surface area contributed by atoms with E-state index in [9.17, 15) is 18.0 Å². The Kier molecular flexibility index (Phi) is 4.68. The van der Waals surface area contributed by atoms with Crippen LogP contribution >= 0.6 is 0 Å². The number of carbonyl (C=O) groups excluding carboxylic acids is 2. The van der Waals surface area contributed by atoms with Gasteiger partial charge in [-0.3, -0.25) is 4.79 Å². The van der Waals surface area contributed by atoms with Gasteiger partial charge in [0.1, 0.15) is 16.7 Å². The highest BCUT2D eigenvalue weighted by Gasteiger charge is 2.33. The number of hydrogen-bond acceptors (Lipinski definition) is 7. The Morgan fingerprint density at radius 2 is 1.79 bits per heavy atom. The number of rotatable bonds is 4. The van der Waals surface area contributed by atoms with Crippen molar-refractivity contribution in [2.45, 2.75) is 38.4 Å². The minimum atomic E-state index is -4.41. The summed E-state index contributed by atoms with van der Waals surface area (Å²) in [6.07, 6.45) is 0. The van der Waals surface area contributed by atoms with Crippen LogP contribution in [0.15, 0.2) is 33.8 Å². The third-order valence-corrected chi connectivity index (χ3v) is 3.78. The molecule has 1 N–H and O–H groups in total. The molecule has 0 amide bonds. The summed E-state index contributed by atoms with van der Waals surface area (Å²) in [5.41, 5.74) is -0.915. The molecule has 1 heterocycles. The molecule has 8 nitrogen and oxygen atoms in total. The Hall–Kier alpha value is -2.39. The maximum atomic E-state index is 12.5. The first-order valence-electron chi connectivity index (χ1n) is 6.95. The van der Waals surface area contributed by atoms with Crippen molar-refractivity contribution in [3.8, 4) is 0 Å². The van der Waals surface area contributed by atoms with E-state index in [-0.39, 0.29) is 16.5 Å². The van der Waals surface area contributed by atoms with Crippen LogP contribution in [0, 0.1) is 0 Å². The van der Waals surface area contributed by atoms with Gasteiger partial charge >= 0.3 is 22.0 Å². The summed E-state index contributed by atoms with van der Waals surface area (Å²) in [5.74, 6) is -1.73. The maximum Gasteiger partial charge on any atom is 0.344 e. The maximum absolute atomic E-state index is 12.5. The van der Waals surface area contributed by atoms with Gasteiger partial charge in [-0.1, -0.05) is 18.2 Å². The van der Waals surface area contributed by atoms with Crippen LogP contribution in [0.3, 0.4) is 0 Å². The molecule has 1 aromatic heterocycles. The third-order valence-electron chi connectivity index (χ3n) is 2.71. The lowest BCUT2D eigenvalue weighted by Gasteiger charge is -2.19. The number of benzene rings is 1. The zero-order valence-corrected chi connectivity index (χ0v) is 14.4. The van der Waals surface area contributed by atoms with Crippen LogP contribution < -0.4 is 4.89 Å². The number of para-hydroxylation sites is 1. The molecule has 0 unspecified atom stereocenters. The fraction of sp³-hybridized carbons (Fsp3) is 0.333. The third kappa shape index (κ3) is 3.92. The molecule has 24 heavy (non-hydrogen) atoms. The van der Waals surface area contributed by atoms with Crippen LogP contribution in [-0.2, 0) is 24.4 Å². The van der Waals surface area contributed by atoms with Gasteiger partial charge in [0.25, 0.3) is 5.09 Å². The van der Waals surface area contributed by atoms with Gasteiger partial charge in [-0.05, 0) is 31.7 Å². The van der Waals surface area contributed by atoms with Crippen molar-refractivity contribution in [1.29, 1.82) is 0 Å².